The smallest absolute Gasteiger partial charge is 0.254 e. The van der Waals surface area contributed by atoms with Gasteiger partial charge >= 0.3 is 0 Å². The molecule has 1 fully saturated rings. The van der Waals surface area contributed by atoms with Crippen molar-refractivity contribution in [3.63, 3.8) is 0 Å². The molecule has 0 unspecified atom stereocenters. The highest BCUT2D eigenvalue weighted by Crippen LogP contribution is 2.18. The first-order valence-corrected chi connectivity index (χ1v) is 10.7. The van der Waals surface area contributed by atoms with E-state index in [0.29, 0.717) is 11.5 Å². The molecule has 0 radical (unpaired) electrons. The molecule has 1 amide bonds. The van der Waals surface area contributed by atoms with E-state index in [1.165, 1.54) is 5.56 Å². The number of benzene rings is 1. The van der Waals surface area contributed by atoms with Crippen molar-refractivity contribution in [2.75, 3.05) is 38.0 Å². The summed E-state index contributed by atoms with van der Waals surface area (Å²) in [7, 11) is 0. The first-order valence-electron chi connectivity index (χ1n) is 10.7. The number of aryl methyl sites for hydroxylation is 2. The van der Waals surface area contributed by atoms with E-state index in [4.69, 9.17) is 0 Å². The van der Waals surface area contributed by atoms with Crippen molar-refractivity contribution in [3.05, 3.63) is 77.4 Å². The molecule has 0 spiro atoms. The molecule has 0 bridgehead atoms. The van der Waals surface area contributed by atoms with Gasteiger partial charge in [-0.2, -0.15) is 0 Å². The minimum absolute atomic E-state index is 0.0683. The minimum atomic E-state index is 0.0683. The lowest BCUT2D eigenvalue weighted by atomic mass is 10.1. The van der Waals surface area contributed by atoms with Gasteiger partial charge in [-0.1, -0.05) is 6.07 Å². The van der Waals surface area contributed by atoms with Crippen molar-refractivity contribution in [3.8, 4) is 0 Å². The first kappa shape index (κ1) is 20.9. The standard InChI is InChI=1S/C24H28N6O/c1-18-16-19(2)27-24(26-18)28-22-5-3-4-21(17-22)23(31)30-14-12-29(13-15-30)11-8-20-6-9-25-10-7-20/h3-7,9-10,16-17H,8,11-15H2,1-2H3,(H,26,27,28). The van der Waals surface area contributed by atoms with E-state index in [2.05, 4.69) is 37.3 Å². The normalized spacial score (nSPS) is 14.5. The summed E-state index contributed by atoms with van der Waals surface area (Å²) < 4.78 is 0. The summed E-state index contributed by atoms with van der Waals surface area (Å²) in [4.78, 5) is 30.3. The van der Waals surface area contributed by atoms with E-state index in [1.54, 1.807) is 0 Å². The van der Waals surface area contributed by atoms with E-state index in [-0.39, 0.29) is 5.91 Å². The Balaban J connectivity index is 1.33. The molecule has 1 aliphatic rings. The van der Waals surface area contributed by atoms with E-state index < -0.39 is 0 Å². The van der Waals surface area contributed by atoms with Crippen molar-refractivity contribution in [2.24, 2.45) is 0 Å². The van der Waals surface area contributed by atoms with Crippen LogP contribution in [0.2, 0.25) is 0 Å². The van der Waals surface area contributed by atoms with Crippen LogP contribution >= 0.6 is 0 Å². The SMILES string of the molecule is Cc1cc(C)nc(Nc2cccc(C(=O)N3CCN(CCc4ccncc4)CC3)c2)n1. The van der Waals surface area contributed by atoms with E-state index >= 15 is 0 Å². The predicted molar refractivity (Wildman–Crippen MR) is 122 cm³/mol. The zero-order valence-electron chi connectivity index (χ0n) is 18.1. The predicted octanol–water partition coefficient (Wildman–Crippen LogP) is 3.23. The molecule has 0 aliphatic carbocycles. The second-order valence-corrected chi connectivity index (χ2v) is 7.92. The Labute approximate surface area is 183 Å². The Kier molecular flexibility index (Phi) is 6.52. The molecule has 7 heteroatoms. The number of nitrogens with one attached hydrogen (secondary N) is 1. The zero-order chi connectivity index (χ0) is 21.6. The van der Waals surface area contributed by atoms with Crippen molar-refractivity contribution in [1.29, 1.82) is 0 Å². The number of hydrogen-bond donors (Lipinski definition) is 1. The van der Waals surface area contributed by atoms with Crippen LogP contribution in [0.15, 0.2) is 54.9 Å². The number of aromatic nitrogens is 3. The van der Waals surface area contributed by atoms with Crippen LogP contribution in [-0.2, 0) is 6.42 Å². The zero-order valence-corrected chi connectivity index (χ0v) is 18.1. The fraction of sp³-hybridized carbons (Fsp3) is 0.333. The summed E-state index contributed by atoms with van der Waals surface area (Å²) in [5.74, 6) is 0.615. The number of carbonyl (C=O) groups excluding carboxylic acids is 1. The number of anilines is 2. The first-order chi connectivity index (χ1) is 15.1. The van der Waals surface area contributed by atoms with E-state index in [1.807, 2.05) is 61.5 Å². The topological polar surface area (TPSA) is 74.2 Å². The molecule has 3 aromatic rings. The van der Waals surface area contributed by atoms with Gasteiger partial charge in [0.05, 0.1) is 0 Å². The van der Waals surface area contributed by atoms with Crippen LogP contribution in [0.3, 0.4) is 0 Å². The second kappa shape index (κ2) is 9.66. The van der Waals surface area contributed by atoms with Gasteiger partial charge in [0.2, 0.25) is 5.95 Å². The highest BCUT2D eigenvalue weighted by Gasteiger charge is 2.22. The summed E-state index contributed by atoms with van der Waals surface area (Å²) in [5.41, 5.74) is 4.60. The third-order valence-electron chi connectivity index (χ3n) is 5.47. The molecule has 160 valence electrons. The highest BCUT2D eigenvalue weighted by molar-refractivity contribution is 5.95. The summed E-state index contributed by atoms with van der Waals surface area (Å²) in [5, 5.41) is 3.22. The summed E-state index contributed by atoms with van der Waals surface area (Å²) in [6, 6.07) is 13.6. The average molecular weight is 417 g/mol. The van der Waals surface area contributed by atoms with Crippen molar-refractivity contribution < 1.29 is 4.79 Å². The van der Waals surface area contributed by atoms with Gasteiger partial charge in [-0.15, -0.1) is 0 Å². The Bertz CT molecular complexity index is 1010. The van der Waals surface area contributed by atoms with Crippen LogP contribution in [0.5, 0.6) is 0 Å². The molecule has 2 aromatic heterocycles. The van der Waals surface area contributed by atoms with E-state index in [0.717, 1.165) is 56.2 Å². The van der Waals surface area contributed by atoms with Gasteiger partial charge in [-0.3, -0.25) is 14.7 Å². The highest BCUT2D eigenvalue weighted by atomic mass is 16.2. The fourth-order valence-electron chi connectivity index (χ4n) is 3.83. The van der Waals surface area contributed by atoms with Gasteiger partial charge in [0.25, 0.3) is 5.91 Å². The summed E-state index contributed by atoms with van der Waals surface area (Å²) in [6.45, 7) is 8.16. The summed E-state index contributed by atoms with van der Waals surface area (Å²) >= 11 is 0. The van der Waals surface area contributed by atoms with Gasteiger partial charge < -0.3 is 10.2 Å². The maximum absolute atomic E-state index is 13.0. The molecule has 4 rings (SSSR count). The number of piperazine rings is 1. The lowest BCUT2D eigenvalue weighted by Crippen LogP contribution is -2.49. The third kappa shape index (κ3) is 5.64. The molecule has 1 aromatic carbocycles. The van der Waals surface area contributed by atoms with E-state index in [9.17, 15) is 4.79 Å². The van der Waals surface area contributed by atoms with Gasteiger partial charge in [0.1, 0.15) is 0 Å². The van der Waals surface area contributed by atoms with Gasteiger partial charge in [0.15, 0.2) is 0 Å². The molecule has 1 saturated heterocycles. The molecule has 31 heavy (non-hydrogen) atoms. The van der Waals surface area contributed by atoms with Gasteiger partial charge in [0, 0.05) is 67.8 Å². The summed E-state index contributed by atoms with van der Waals surface area (Å²) in [6.07, 6.45) is 4.67. The van der Waals surface area contributed by atoms with Crippen LogP contribution < -0.4 is 5.32 Å². The number of hydrogen-bond acceptors (Lipinski definition) is 6. The number of rotatable bonds is 6. The molecule has 0 saturated carbocycles. The molecule has 1 aliphatic heterocycles. The maximum atomic E-state index is 13.0. The van der Waals surface area contributed by atoms with Gasteiger partial charge in [-0.05, 0) is 62.2 Å². The van der Waals surface area contributed by atoms with Crippen LogP contribution in [-0.4, -0.2) is 63.4 Å². The quantitative estimate of drug-likeness (QED) is 0.665. The molecule has 3 heterocycles. The molecular formula is C24H28N6O. The Morgan fingerprint density at radius 1 is 0.968 bits per heavy atom. The number of amides is 1. The van der Waals surface area contributed by atoms with Crippen LogP contribution in [0.4, 0.5) is 11.6 Å². The maximum Gasteiger partial charge on any atom is 0.254 e. The average Bonchev–Trinajstić information content (AvgIpc) is 2.78. The Hall–Kier alpha value is -3.32. The fourth-order valence-corrected chi connectivity index (χ4v) is 3.83. The minimum Gasteiger partial charge on any atom is -0.336 e. The van der Waals surface area contributed by atoms with Crippen molar-refractivity contribution in [1.82, 2.24) is 24.8 Å². The number of carbonyl (C=O) groups is 1. The largest absolute Gasteiger partial charge is 0.336 e. The Morgan fingerprint density at radius 3 is 2.39 bits per heavy atom. The monoisotopic (exact) mass is 416 g/mol. The molecule has 0 atom stereocenters. The third-order valence-corrected chi connectivity index (χ3v) is 5.47. The number of pyridine rings is 1. The second-order valence-electron chi connectivity index (χ2n) is 7.92. The van der Waals surface area contributed by atoms with Crippen LogP contribution in [0.1, 0.15) is 27.3 Å². The molecule has 1 N–H and O–H groups in total. The lowest BCUT2D eigenvalue weighted by Gasteiger charge is -2.34. The number of nitrogens with zero attached hydrogens (tertiary/aromatic N) is 5. The molecular weight excluding hydrogens is 388 g/mol. The van der Waals surface area contributed by atoms with Crippen molar-refractivity contribution in [2.45, 2.75) is 20.3 Å². The Morgan fingerprint density at radius 2 is 1.68 bits per heavy atom. The van der Waals surface area contributed by atoms with Crippen LogP contribution in [0.25, 0.3) is 0 Å². The molecule has 7 nitrogen and oxygen atoms in total. The van der Waals surface area contributed by atoms with Crippen molar-refractivity contribution >= 4 is 17.5 Å². The van der Waals surface area contributed by atoms with Crippen LogP contribution in [0, 0.1) is 13.8 Å². The lowest BCUT2D eigenvalue weighted by molar-refractivity contribution is 0.0638. The van der Waals surface area contributed by atoms with Gasteiger partial charge in [-0.25, -0.2) is 9.97 Å².